The van der Waals surface area contributed by atoms with Crippen molar-refractivity contribution in [1.29, 1.82) is 0 Å². The van der Waals surface area contributed by atoms with Crippen LogP contribution in [0.1, 0.15) is 11.1 Å². The molecule has 3 aromatic rings. The molecule has 0 radical (unpaired) electrons. The molecule has 0 saturated carbocycles. The van der Waals surface area contributed by atoms with Gasteiger partial charge in [0.2, 0.25) is 5.56 Å². The van der Waals surface area contributed by atoms with Crippen LogP contribution < -0.4 is 5.56 Å². The van der Waals surface area contributed by atoms with Crippen LogP contribution >= 0.6 is 0 Å². The Kier molecular flexibility index (Phi) is 3.20. The highest BCUT2D eigenvalue weighted by Crippen LogP contribution is 2.37. The molecular weight excluding hydrogens is 295 g/mol. The summed E-state index contributed by atoms with van der Waals surface area (Å²) in [6.45, 7) is 1.46. The van der Waals surface area contributed by atoms with Gasteiger partial charge in [-0.2, -0.15) is 13.2 Å². The molecule has 0 amide bonds. The van der Waals surface area contributed by atoms with Gasteiger partial charge in [0.25, 0.3) is 0 Å². The molecule has 0 aliphatic carbocycles. The summed E-state index contributed by atoms with van der Waals surface area (Å²) < 4.78 is 40.1. The smallest absolute Gasteiger partial charge is 0.307 e. The number of aryl methyl sites for hydroxylation is 1. The van der Waals surface area contributed by atoms with E-state index in [9.17, 15) is 18.0 Å². The number of hydrogen-bond donors (Lipinski definition) is 1. The molecule has 3 aromatic heterocycles. The molecule has 7 heteroatoms. The zero-order valence-corrected chi connectivity index (χ0v) is 11.4. The van der Waals surface area contributed by atoms with E-state index in [1.54, 1.807) is 12.1 Å². The molecule has 3 heterocycles. The lowest BCUT2D eigenvalue weighted by Gasteiger charge is -2.13. The minimum absolute atomic E-state index is 0.0846. The molecule has 0 atom stereocenters. The first kappa shape index (κ1) is 14.2. The van der Waals surface area contributed by atoms with Gasteiger partial charge < -0.3 is 4.98 Å². The van der Waals surface area contributed by atoms with Crippen molar-refractivity contribution in [3.8, 4) is 11.3 Å². The van der Waals surface area contributed by atoms with Crippen LogP contribution in [0.3, 0.4) is 0 Å². The maximum Gasteiger partial charge on any atom is 0.417 e. The Labute approximate surface area is 122 Å². The first-order valence-corrected chi connectivity index (χ1v) is 6.38. The second-order valence-electron chi connectivity index (χ2n) is 4.83. The highest BCUT2D eigenvalue weighted by atomic mass is 19.4. The van der Waals surface area contributed by atoms with Gasteiger partial charge >= 0.3 is 6.18 Å². The highest BCUT2D eigenvalue weighted by molar-refractivity contribution is 5.85. The summed E-state index contributed by atoms with van der Waals surface area (Å²) in [4.78, 5) is 21.9. The van der Waals surface area contributed by atoms with Crippen molar-refractivity contribution < 1.29 is 13.2 Å². The Morgan fingerprint density at radius 2 is 2.00 bits per heavy atom. The normalized spacial score (nSPS) is 11.8. The van der Waals surface area contributed by atoms with Crippen LogP contribution in [0.5, 0.6) is 0 Å². The Morgan fingerprint density at radius 1 is 1.23 bits per heavy atom. The number of aromatic amines is 1. The molecule has 0 fully saturated rings. The van der Waals surface area contributed by atoms with Crippen molar-refractivity contribution in [1.82, 2.24) is 15.0 Å². The van der Waals surface area contributed by atoms with Crippen molar-refractivity contribution in [2.45, 2.75) is 13.1 Å². The molecule has 0 unspecified atom stereocenters. The van der Waals surface area contributed by atoms with Crippen LogP contribution in [0.4, 0.5) is 13.2 Å². The number of nitrogens with one attached hydrogen (secondary N) is 1. The number of halogens is 3. The summed E-state index contributed by atoms with van der Waals surface area (Å²) in [5.74, 6) is 0. The lowest BCUT2D eigenvalue weighted by atomic mass is 10.0. The topological polar surface area (TPSA) is 58.6 Å². The van der Waals surface area contributed by atoms with Crippen molar-refractivity contribution >= 4 is 11.0 Å². The third kappa shape index (κ3) is 2.45. The van der Waals surface area contributed by atoms with E-state index in [4.69, 9.17) is 0 Å². The fraction of sp³-hybridized carbons (Fsp3) is 0.133. The first-order valence-electron chi connectivity index (χ1n) is 6.38. The van der Waals surface area contributed by atoms with Crippen LogP contribution in [-0.2, 0) is 6.18 Å². The predicted octanol–water partition coefficient (Wildman–Crippen LogP) is 3.31. The third-order valence-electron chi connectivity index (χ3n) is 3.27. The maximum atomic E-state index is 13.4. The number of alkyl halides is 3. The maximum absolute atomic E-state index is 13.4. The van der Waals surface area contributed by atoms with Gasteiger partial charge in [0.05, 0.1) is 11.3 Å². The minimum atomic E-state index is -4.55. The van der Waals surface area contributed by atoms with E-state index in [0.29, 0.717) is 5.56 Å². The van der Waals surface area contributed by atoms with Crippen molar-refractivity contribution in [2.24, 2.45) is 0 Å². The molecule has 0 aliphatic heterocycles. The number of H-pyrrole nitrogens is 1. The van der Waals surface area contributed by atoms with E-state index >= 15 is 0 Å². The standard InChI is InChI=1S/C15H10F3N3O/c1-8-5-12(22)21-14-13(8)10(15(16,17)18)6-11(20-14)9-3-2-4-19-7-9/h2-7H,1H3,(H,20,21,22). The second-order valence-corrected chi connectivity index (χ2v) is 4.83. The van der Waals surface area contributed by atoms with Gasteiger partial charge in [-0.1, -0.05) is 0 Å². The van der Waals surface area contributed by atoms with E-state index < -0.39 is 17.3 Å². The number of pyridine rings is 3. The molecule has 0 aliphatic rings. The molecule has 0 bridgehead atoms. The molecule has 112 valence electrons. The van der Waals surface area contributed by atoms with Crippen molar-refractivity contribution in [2.75, 3.05) is 0 Å². The molecule has 0 aromatic carbocycles. The largest absolute Gasteiger partial charge is 0.417 e. The Hall–Kier alpha value is -2.70. The molecule has 22 heavy (non-hydrogen) atoms. The lowest BCUT2D eigenvalue weighted by molar-refractivity contribution is -0.136. The number of hydrogen-bond acceptors (Lipinski definition) is 3. The van der Waals surface area contributed by atoms with Gasteiger partial charge in [-0.05, 0) is 30.7 Å². The van der Waals surface area contributed by atoms with Gasteiger partial charge in [-0.15, -0.1) is 0 Å². The van der Waals surface area contributed by atoms with E-state index in [2.05, 4.69) is 15.0 Å². The zero-order chi connectivity index (χ0) is 15.9. The predicted molar refractivity (Wildman–Crippen MR) is 75.3 cm³/mol. The van der Waals surface area contributed by atoms with Crippen LogP contribution in [0.25, 0.3) is 22.3 Å². The van der Waals surface area contributed by atoms with E-state index in [0.717, 1.165) is 12.1 Å². The monoisotopic (exact) mass is 305 g/mol. The number of fused-ring (bicyclic) bond motifs is 1. The molecule has 3 rings (SSSR count). The van der Waals surface area contributed by atoms with Gasteiger partial charge in [0, 0.05) is 29.4 Å². The van der Waals surface area contributed by atoms with Crippen LogP contribution in [0, 0.1) is 6.92 Å². The summed E-state index contributed by atoms with van der Waals surface area (Å²) in [5.41, 5.74) is -0.625. The first-order chi connectivity index (χ1) is 10.4. The van der Waals surface area contributed by atoms with Crippen molar-refractivity contribution in [3.05, 3.63) is 58.1 Å². The molecule has 4 nitrogen and oxygen atoms in total. The summed E-state index contributed by atoms with van der Waals surface area (Å²) in [6.07, 6.45) is -1.62. The number of nitrogens with zero attached hydrogens (tertiary/aromatic N) is 2. The second kappa shape index (κ2) is 4.94. The highest BCUT2D eigenvalue weighted by Gasteiger charge is 2.34. The van der Waals surface area contributed by atoms with Gasteiger partial charge in [-0.3, -0.25) is 9.78 Å². The van der Waals surface area contributed by atoms with Crippen LogP contribution in [0.2, 0.25) is 0 Å². The average Bonchev–Trinajstić information content (AvgIpc) is 2.45. The van der Waals surface area contributed by atoms with E-state index in [-0.39, 0.29) is 22.3 Å². The van der Waals surface area contributed by atoms with Gasteiger partial charge in [0.1, 0.15) is 5.65 Å². The quantitative estimate of drug-likeness (QED) is 0.750. The molecule has 0 spiro atoms. The molecule has 1 N–H and O–H groups in total. The van der Waals surface area contributed by atoms with Gasteiger partial charge in [0.15, 0.2) is 0 Å². The Morgan fingerprint density at radius 3 is 2.64 bits per heavy atom. The van der Waals surface area contributed by atoms with Crippen LogP contribution in [0.15, 0.2) is 41.5 Å². The fourth-order valence-electron chi connectivity index (χ4n) is 2.34. The lowest BCUT2D eigenvalue weighted by Crippen LogP contribution is -2.12. The van der Waals surface area contributed by atoms with Crippen LogP contribution in [-0.4, -0.2) is 15.0 Å². The SMILES string of the molecule is Cc1cc(=O)[nH]c2nc(-c3cccnc3)cc(C(F)(F)F)c12. The van der Waals surface area contributed by atoms with E-state index in [1.165, 1.54) is 19.3 Å². The molecule has 0 saturated heterocycles. The Bertz CT molecular complexity index is 902. The summed E-state index contributed by atoms with van der Waals surface area (Å²) >= 11 is 0. The summed E-state index contributed by atoms with van der Waals surface area (Å²) in [6, 6.07) is 5.32. The fourth-order valence-corrected chi connectivity index (χ4v) is 2.34. The summed E-state index contributed by atoms with van der Waals surface area (Å²) in [5, 5.41) is -0.0975. The third-order valence-corrected chi connectivity index (χ3v) is 3.27. The zero-order valence-electron chi connectivity index (χ0n) is 11.4. The number of aromatic nitrogens is 3. The number of rotatable bonds is 1. The van der Waals surface area contributed by atoms with E-state index in [1.807, 2.05) is 0 Å². The Balaban J connectivity index is 2.41. The molecular formula is C15H10F3N3O. The average molecular weight is 305 g/mol. The van der Waals surface area contributed by atoms with Crippen molar-refractivity contribution in [3.63, 3.8) is 0 Å². The summed E-state index contributed by atoms with van der Waals surface area (Å²) in [7, 11) is 0. The van der Waals surface area contributed by atoms with Gasteiger partial charge in [-0.25, -0.2) is 4.98 Å². The minimum Gasteiger partial charge on any atom is -0.307 e.